The highest BCUT2D eigenvalue weighted by Crippen LogP contribution is 2.13. The van der Waals surface area contributed by atoms with Crippen LogP contribution < -0.4 is 0 Å². The number of hydrogen-bond donors (Lipinski definition) is 0. The highest BCUT2D eigenvalue weighted by molar-refractivity contribution is 5.99. The first-order chi connectivity index (χ1) is 7.93. The van der Waals surface area contributed by atoms with Crippen molar-refractivity contribution in [1.29, 1.82) is 0 Å². The van der Waals surface area contributed by atoms with Gasteiger partial charge in [-0.25, -0.2) is 0 Å². The number of carbonyl (C=O) groups excluding carboxylic acids is 3. The maximum absolute atomic E-state index is 11.6. The molecule has 98 valence electrons. The monoisotopic (exact) mass is 244 g/mol. The first-order valence-electron chi connectivity index (χ1n) is 5.79. The Morgan fingerprint density at radius 1 is 0.941 bits per heavy atom. The molecule has 0 amide bonds. The number of ether oxygens (including phenoxy) is 2. The van der Waals surface area contributed by atoms with Crippen LogP contribution in [-0.4, -0.2) is 30.9 Å². The van der Waals surface area contributed by atoms with Gasteiger partial charge in [0.25, 0.3) is 0 Å². The molecule has 0 saturated heterocycles. The van der Waals surface area contributed by atoms with E-state index < -0.39 is 17.9 Å². The van der Waals surface area contributed by atoms with Gasteiger partial charge in [-0.1, -0.05) is 13.8 Å². The minimum Gasteiger partial charge on any atom is -0.465 e. The molecule has 5 nitrogen and oxygen atoms in total. The maximum Gasteiger partial charge on any atom is 0.320 e. The lowest BCUT2D eigenvalue weighted by atomic mass is 9.96. The minimum absolute atomic E-state index is 0.156. The molecule has 0 saturated carbocycles. The van der Waals surface area contributed by atoms with Gasteiger partial charge >= 0.3 is 11.9 Å². The Morgan fingerprint density at radius 2 is 1.35 bits per heavy atom. The summed E-state index contributed by atoms with van der Waals surface area (Å²) in [6.45, 7) is 7.06. The van der Waals surface area contributed by atoms with E-state index in [-0.39, 0.29) is 31.3 Å². The van der Waals surface area contributed by atoms with Crippen LogP contribution in [0.2, 0.25) is 0 Å². The summed E-state index contributed by atoms with van der Waals surface area (Å²) in [5, 5.41) is 0. The minimum atomic E-state index is -1.13. The van der Waals surface area contributed by atoms with Gasteiger partial charge < -0.3 is 9.47 Å². The summed E-state index contributed by atoms with van der Waals surface area (Å²) in [6, 6.07) is 0. The zero-order valence-corrected chi connectivity index (χ0v) is 10.8. The first-order valence-corrected chi connectivity index (χ1v) is 5.79. The van der Waals surface area contributed by atoms with E-state index in [2.05, 4.69) is 0 Å². The molecule has 0 atom stereocenters. The van der Waals surface area contributed by atoms with E-state index in [4.69, 9.17) is 9.47 Å². The molecule has 17 heavy (non-hydrogen) atoms. The van der Waals surface area contributed by atoms with E-state index in [1.165, 1.54) is 0 Å². The lowest BCUT2D eigenvalue weighted by molar-refractivity contribution is -0.163. The molecule has 0 fully saturated rings. The summed E-state index contributed by atoms with van der Waals surface area (Å²) in [6.07, 6.45) is -0.157. The van der Waals surface area contributed by atoms with Crippen molar-refractivity contribution in [2.75, 3.05) is 13.2 Å². The Hall–Kier alpha value is -1.39. The predicted octanol–water partition coefficient (Wildman–Crippen LogP) is 1.34. The molecule has 0 aliphatic heterocycles. The Labute approximate surface area is 101 Å². The average Bonchev–Trinajstić information content (AvgIpc) is 2.25. The third-order valence-corrected chi connectivity index (χ3v) is 2.19. The van der Waals surface area contributed by atoms with Crippen molar-refractivity contribution >= 4 is 17.7 Å². The smallest absolute Gasteiger partial charge is 0.320 e. The third kappa shape index (κ3) is 5.47. The van der Waals surface area contributed by atoms with Gasteiger partial charge in [0, 0.05) is 12.3 Å². The van der Waals surface area contributed by atoms with E-state index >= 15 is 0 Å². The maximum atomic E-state index is 11.6. The molecule has 0 spiro atoms. The molecule has 0 aliphatic rings. The fourth-order valence-corrected chi connectivity index (χ4v) is 1.19. The third-order valence-electron chi connectivity index (χ3n) is 2.19. The molecule has 0 N–H and O–H groups in total. The van der Waals surface area contributed by atoms with Gasteiger partial charge in [0.05, 0.1) is 13.2 Å². The summed E-state index contributed by atoms with van der Waals surface area (Å²) in [7, 11) is 0. The second-order valence-corrected chi connectivity index (χ2v) is 3.88. The summed E-state index contributed by atoms with van der Waals surface area (Å²) >= 11 is 0. The molecule has 5 heteroatoms. The highest BCUT2D eigenvalue weighted by atomic mass is 16.6. The number of Topliss-reactive ketones (excluding diaryl/α,β-unsaturated/α-hetero) is 1. The van der Waals surface area contributed by atoms with Crippen molar-refractivity contribution in [2.45, 2.75) is 34.1 Å². The van der Waals surface area contributed by atoms with Crippen molar-refractivity contribution in [1.82, 2.24) is 0 Å². The standard InChI is InChI=1S/C12H20O5/c1-5-16-11(14)9(12(15)17-6-2)7-10(13)8(3)4/h8-9H,5-7H2,1-4H3. The Morgan fingerprint density at radius 3 is 1.65 bits per heavy atom. The number of esters is 2. The molecule has 0 heterocycles. The molecular formula is C12H20O5. The topological polar surface area (TPSA) is 69.7 Å². The van der Waals surface area contributed by atoms with Gasteiger partial charge in [0.15, 0.2) is 5.92 Å². The van der Waals surface area contributed by atoms with Crippen LogP contribution in [0.5, 0.6) is 0 Å². The van der Waals surface area contributed by atoms with Gasteiger partial charge in [-0.3, -0.25) is 14.4 Å². The molecular weight excluding hydrogens is 224 g/mol. The first kappa shape index (κ1) is 15.6. The summed E-state index contributed by atoms with van der Waals surface area (Å²) < 4.78 is 9.52. The van der Waals surface area contributed by atoms with Crippen LogP contribution in [0.1, 0.15) is 34.1 Å². The van der Waals surface area contributed by atoms with Gasteiger partial charge in [0.2, 0.25) is 0 Å². The summed E-state index contributed by atoms with van der Waals surface area (Å²) in [5.41, 5.74) is 0. The highest BCUT2D eigenvalue weighted by Gasteiger charge is 2.32. The van der Waals surface area contributed by atoms with Crippen LogP contribution in [0.25, 0.3) is 0 Å². The lowest BCUT2D eigenvalue weighted by Gasteiger charge is -2.14. The van der Waals surface area contributed by atoms with Crippen LogP contribution >= 0.6 is 0 Å². The fraction of sp³-hybridized carbons (Fsp3) is 0.750. The van der Waals surface area contributed by atoms with E-state index in [1.54, 1.807) is 27.7 Å². The van der Waals surface area contributed by atoms with E-state index in [0.717, 1.165) is 0 Å². The van der Waals surface area contributed by atoms with E-state index in [9.17, 15) is 14.4 Å². The van der Waals surface area contributed by atoms with Crippen molar-refractivity contribution in [3.63, 3.8) is 0 Å². The number of ketones is 1. The zero-order valence-electron chi connectivity index (χ0n) is 10.8. The second kappa shape index (κ2) is 7.81. The van der Waals surface area contributed by atoms with Crippen LogP contribution in [0.4, 0.5) is 0 Å². The van der Waals surface area contributed by atoms with Gasteiger partial charge in [0.1, 0.15) is 5.78 Å². The molecule has 0 unspecified atom stereocenters. The molecule has 0 aromatic rings. The normalized spacial score (nSPS) is 10.5. The largest absolute Gasteiger partial charge is 0.465 e. The van der Waals surface area contributed by atoms with Gasteiger partial charge in [-0.05, 0) is 13.8 Å². The molecule has 0 aromatic carbocycles. The zero-order chi connectivity index (χ0) is 13.4. The number of hydrogen-bond acceptors (Lipinski definition) is 5. The van der Waals surface area contributed by atoms with Crippen LogP contribution in [-0.2, 0) is 23.9 Å². The summed E-state index contributed by atoms with van der Waals surface area (Å²) in [4.78, 5) is 34.6. The van der Waals surface area contributed by atoms with Crippen molar-refractivity contribution < 1.29 is 23.9 Å². The molecule has 0 aromatic heterocycles. The molecule has 0 aliphatic carbocycles. The van der Waals surface area contributed by atoms with Crippen molar-refractivity contribution in [2.24, 2.45) is 11.8 Å². The second-order valence-electron chi connectivity index (χ2n) is 3.88. The Kier molecular flexibility index (Phi) is 7.18. The fourth-order valence-electron chi connectivity index (χ4n) is 1.19. The molecule has 0 bridgehead atoms. The molecule has 0 rings (SSSR count). The van der Waals surface area contributed by atoms with Crippen LogP contribution in [0.3, 0.4) is 0 Å². The Balaban J connectivity index is 4.67. The van der Waals surface area contributed by atoms with Gasteiger partial charge in [-0.2, -0.15) is 0 Å². The van der Waals surface area contributed by atoms with Crippen LogP contribution in [0, 0.1) is 11.8 Å². The van der Waals surface area contributed by atoms with Gasteiger partial charge in [-0.15, -0.1) is 0 Å². The predicted molar refractivity (Wildman–Crippen MR) is 61.2 cm³/mol. The lowest BCUT2D eigenvalue weighted by Crippen LogP contribution is -2.31. The van der Waals surface area contributed by atoms with Crippen molar-refractivity contribution in [3.05, 3.63) is 0 Å². The molecule has 0 radical (unpaired) electrons. The summed E-state index contributed by atoms with van der Waals surface area (Å²) in [5.74, 6) is -2.90. The quantitative estimate of drug-likeness (QED) is 0.499. The number of rotatable bonds is 7. The van der Waals surface area contributed by atoms with E-state index in [0.29, 0.717) is 0 Å². The van der Waals surface area contributed by atoms with Crippen molar-refractivity contribution in [3.8, 4) is 0 Å². The average molecular weight is 244 g/mol. The Bertz CT molecular complexity index is 265. The SMILES string of the molecule is CCOC(=O)C(CC(=O)C(C)C)C(=O)OCC. The number of carbonyl (C=O) groups is 3. The van der Waals surface area contributed by atoms with E-state index in [1.807, 2.05) is 0 Å². The van der Waals surface area contributed by atoms with Crippen LogP contribution in [0.15, 0.2) is 0 Å².